The molecule has 0 amide bonds. The Kier molecular flexibility index (Phi) is 10.9. The van der Waals surface area contributed by atoms with Gasteiger partial charge in [0.1, 0.15) is 0 Å². The molecule has 0 aromatic rings. The van der Waals surface area contributed by atoms with E-state index in [0.29, 0.717) is 30.3 Å². The second-order valence-corrected chi connectivity index (χ2v) is 11.0. The summed E-state index contributed by atoms with van der Waals surface area (Å²) in [5, 5.41) is 35.1. The highest BCUT2D eigenvalue weighted by Gasteiger charge is 2.51. The van der Waals surface area contributed by atoms with Crippen LogP contribution in [0.25, 0.3) is 0 Å². The first-order valence-corrected chi connectivity index (χ1v) is 12.7. The molecule has 3 rings (SSSR count). The van der Waals surface area contributed by atoms with Gasteiger partial charge >= 0.3 is 0 Å². The summed E-state index contributed by atoms with van der Waals surface area (Å²) in [6, 6.07) is 0. The fourth-order valence-corrected chi connectivity index (χ4v) is 6.11. The molecule has 0 spiro atoms. The van der Waals surface area contributed by atoms with Gasteiger partial charge in [0.15, 0.2) is 0 Å². The van der Waals surface area contributed by atoms with Gasteiger partial charge in [-0.2, -0.15) is 0 Å². The number of allylic oxidation sites excluding steroid dienone is 3. The van der Waals surface area contributed by atoms with Crippen molar-refractivity contribution in [2.75, 3.05) is 19.8 Å². The average Bonchev–Trinajstić information content (AvgIpc) is 3.09. The van der Waals surface area contributed by atoms with E-state index in [1.54, 1.807) is 5.57 Å². The first-order valence-electron chi connectivity index (χ1n) is 12.7. The zero-order chi connectivity index (χ0) is 23.8. The van der Waals surface area contributed by atoms with Gasteiger partial charge in [0.05, 0.1) is 31.0 Å². The smallest absolute Gasteiger partial charge is 0.0662 e. The Labute approximate surface area is 195 Å². The summed E-state index contributed by atoms with van der Waals surface area (Å²) >= 11 is 0. The summed E-state index contributed by atoms with van der Waals surface area (Å²) in [5.41, 5.74) is 2.75. The van der Waals surface area contributed by atoms with Gasteiger partial charge in [0, 0.05) is 6.61 Å². The molecule has 5 heteroatoms. The van der Waals surface area contributed by atoms with Crippen molar-refractivity contribution in [1.82, 2.24) is 0 Å². The van der Waals surface area contributed by atoms with Crippen LogP contribution in [0.4, 0.5) is 0 Å². The van der Waals surface area contributed by atoms with Gasteiger partial charge in [-0.1, -0.05) is 30.2 Å². The molecule has 3 saturated carbocycles. The van der Waals surface area contributed by atoms with Crippen LogP contribution in [0, 0.1) is 17.3 Å². The molecule has 0 aromatic carbocycles. The predicted octanol–water partition coefficient (Wildman–Crippen LogP) is 4.53. The average molecular weight is 453 g/mol. The Hall–Kier alpha value is -0.720. The van der Waals surface area contributed by atoms with Crippen LogP contribution in [0.15, 0.2) is 23.3 Å². The second-order valence-electron chi connectivity index (χ2n) is 11.0. The molecule has 0 saturated heterocycles. The van der Waals surface area contributed by atoms with E-state index in [1.165, 1.54) is 37.7 Å². The Morgan fingerprint density at radius 1 is 1.09 bits per heavy atom. The molecule has 32 heavy (non-hydrogen) atoms. The van der Waals surface area contributed by atoms with Crippen molar-refractivity contribution < 1.29 is 25.2 Å². The molecule has 5 atom stereocenters. The fraction of sp³-hybridized carbons (Fsp3) is 0.852. The lowest BCUT2D eigenvalue weighted by atomic mass is 9.62. The number of hydrogen-bond donors (Lipinski definition) is 4. The van der Waals surface area contributed by atoms with Gasteiger partial charge in [0.25, 0.3) is 0 Å². The largest absolute Gasteiger partial charge is 0.394 e. The van der Waals surface area contributed by atoms with E-state index >= 15 is 0 Å². The lowest BCUT2D eigenvalue weighted by Gasteiger charge is -2.44. The molecule has 0 radical (unpaired) electrons. The maximum absolute atomic E-state index is 9.94. The lowest BCUT2D eigenvalue weighted by Crippen LogP contribution is -2.39. The molecule has 4 N–H and O–H groups in total. The van der Waals surface area contributed by atoms with Crippen molar-refractivity contribution in [1.29, 1.82) is 0 Å². The number of rotatable bonds is 7. The Balaban J connectivity index is 0.000000837. The molecule has 0 bridgehead atoms. The summed E-state index contributed by atoms with van der Waals surface area (Å²) in [6.07, 6.45) is 16.0. The first-order chi connectivity index (χ1) is 15.1. The van der Waals surface area contributed by atoms with E-state index in [0.717, 1.165) is 25.7 Å². The monoisotopic (exact) mass is 452 g/mol. The van der Waals surface area contributed by atoms with Crippen LogP contribution in [0.5, 0.6) is 0 Å². The van der Waals surface area contributed by atoms with Crippen LogP contribution >= 0.6 is 0 Å². The molecule has 5 nitrogen and oxygen atoms in total. The van der Waals surface area contributed by atoms with E-state index in [9.17, 15) is 10.2 Å². The highest BCUT2D eigenvalue weighted by atomic mass is 16.5. The van der Waals surface area contributed by atoms with Crippen LogP contribution in [0.1, 0.15) is 91.9 Å². The molecule has 0 heterocycles. The standard InChI is InChI=1S/C25H42O3.C2H6O2/c1-18(28-16-15-24(2,3)27)22-12-13-23-20(8-6-14-25(22,23)4)11-10-19-7-5-9-21(26)17-19;3-1-2-4/h10-11,18,21-23,26-27H,5-9,12-17H2,1-4H3;3-4H,1-2H2/b19-10-,20-11+;. The SMILES string of the molecule is CC(OCCC(C)(C)O)C1CCC2/C(=C/C=C3/CCCC(O)C3)CCCC21C.OCCO. The van der Waals surface area contributed by atoms with Gasteiger partial charge in [-0.25, -0.2) is 0 Å². The predicted molar refractivity (Wildman–Crippen MR) is 129 cm³/mol. The highest BCUT2D eigenvalue weighted by molar-refractivity contribution is 5.26. The number of aliphatic hydroxyl groups excluding tert-OH is 3. The van der Waals surface area contributed by atoms with Crippen molar-refractivity contribution >= 4 is 0 Å². The molecule has 0 aromatic heterocycles. The Bertz CT molecular complexity index is 618. The van der Waals surface area contributed by atoms with E-state index in [1.807, 2.05) is 13.8 Å². The zero-order valence-corrected chi connectivity index (χ0v) is 20.9. The molecular weight excluding hydrogens is 404 g/mol. The molecule has 3 aliphatic rings. The number of ether oxygens (including phenoxy) is 1. The van der Waals surface area contributed by atoms with Gasteiger partial charge in [-0.05, 0) is 102 Å². The Morgan fingerprint density at radius 3 is 2.44 bits per heavy atom. The van der Waals surface area contributed by atoms with Crippen molar-refractivity contribution in [3.05, 3.63) is 23.3 Å². The third-order valence-corrected chi connectivity index (χ3v) is 7.87. The maximum Gasteiger partial charge on any atom is 0.0662 e. The van der Waals surface area contributed by atoms with E-state index in [4.69, 9.17) is 14.9 Å². The minimum Gasteiger partial charge on any atom is -0.394 e. The number of aliphatic hydroxyl groups is 4. The van der Waals surface area contributed by atoms with Crippen molar-refractivity contribution in [3.8, 4) is 0 Å². The highest BCUT2D eigenvalue weighted by Crippen LogP contribution is 2.58. The summed E-state index contributed by atoms with van der Waals surface area (Å²) in [6.45, 7) is 8.83. The van der Waals surface area contributed by atoms with Crippen LogP contribution in [-0.4, -0.2) is 58.1 Å². The second kappa shape index (κ2) is 12.7. The fourth-order valence-electron chi connectivity index (χ4n) is 6.11. The normalized spacial score (nSPS) is 34.2. The molecular formula is C27H48O5. The molecule has 3 aliphatic carbocycles. The van der Waals surface area contributed by atoms with Crippen molar-refractivity contribution in [2.45, 2.75) is 110 Å². The van der Waals surface area contributed by atoms with E-state index in [-0.39, 0.29) is 25.4 Å². The summed E-state index contributed by atoms with van der Waals surface area (Å²) in [5.74, 6) is 1.28. The number of fused-ring (bicyclic) bond motifs is 1. The summed E-state index contributed by atoms with van der Waals surface area (Å²) in [7, 11) is 0. The zero-order valence-electron chi connectivity index (χ0n) is 20.9. The molecule has 186 valence electrons. The third-order valence-electron chi connectivity index (χ3n) is 7.87. The van der Waals surface area contributed by atoms with E-state index in [2.05, 4.69) is 26.0 Å². The summed E-state index contributed by atoms with van der Waals surface area (Å²) < 4.78 is 6.20. The topological polar surface area (TPSA) is 90.2 Å². The van der Waals surface area contributed by atoms with E-state index < -0.39 is 5.60 Å². The lowest BCUT2D eigenvalue weighted by molar-refractivity contribution is -0.0454. The third kappa shape index (κ3) is 7.95. The summed E-state index contributed by atoms with van der Waals surface area (Å²) in [4.78, 5) is 0. The molecule has 3 fully saturated rings. The van der Waals surface area contributed by atoms with Gasteiger partial charge < -0.3 is 25.2 Å². The van der Waals surface area contributed by atoms with Crippen LogP contribution in [0.3, 0.4) is 0 Å². The quantitative estimate of drug-likeness (QED) is 0.456. The Morgan fingerprint density at radius 2 is 1.81 bits per heavy atom. The van der Waals surface area contributed by atoms with Crippen LogP contribution < -0.4 is 0 Å². The van der Waals surface area contributed by atoms with Gasteiger partial charge in [-0.15, -0.1) is 0 Å². The maximum atomic E-state index is 9.94. The minimum absolute atomic E-state index is 0.125. The minimum atomic E-state index is -0.650. The van der Waals surface area contributed by atoms with Crippen LogP contribution in [0.2, 0.25) is 0 Å². The number of hydrogen-bond acceptors (Lipinski definition) is 5. The van der Waals surface area contributed by atoms with Gasteiger partial charge in [-0.3, -0.25) is 0 Å². The van der Waals surface area contributed by atoms with Crippen molar-refractivity contribution in [2.24, 2.45) is 17.3 Å². The molecule has 5 unspecified atom stereocenters. The van der Waals surface area contributed by atoms with Crippen LogP contribution in [-0.2, 0) is 4.74 Å². The van der Waals surface area contributed by atoms with Gasteiger partial charge in [0.2, 0.25) is 0 Å². The molecule has 0 aliphatic heterocycles. The first kappa shape index (κ1) is 27.5. The van der Waals surface area contributed by atoms with Crippen molar-refractivity contribution in [3.63, 3.8) is 0 Å².